The van der Waals surface area contributed by atoms with Crippen molar-refractivity contribution in [2.45, 2.75) is 115 Å². The lowest BCUT2D eigenvalue weighted by atomic mass is 9.79. The summed E-state index contributed by atoms with van der Waals surface area (Å²) in [5, 5.41) is 3.22. The lowest BCUT2D eigenvalue weighted by Gasteiger charge is -2.45. The second-order valence-electron chi connectivity index (χ2n) is 11.3. The van der Waals surface area contributed by atoms with Gasteiger partial charge in [0.15, 0.2) is 0 Å². The van der Waals surface area contributed by atoms with E-state index in [4.69, 9.17) is 0 Å². The van der Waals surface area contributed by atoms with Crippen LogP contribution in [0.3, 0.4) is 0 Å². The van der Waals surface area contributed by atoms with Crippen molar-refractivity contribution in [2.75, 3.05) is 18.4 Å². The molecular weight excluding hydrogens is 410 g/mol. The number of amides is 3. The van der Waals surface area contributed by atoms with Crippen molar-refractivity contribution in [3.05, 3.63) is 29.3 Å². The number of nitrogens with zero attached hydrogens (tertiary/aromatic N) is 2. The van der Waals surface area contributed by atoms with Crippen molar-refractivity contribution in [3.63, 3.8) is 0 Å². The summed E-state index contributed by atoms with van der Waals surface area (Å²) in [6.45, 7) is 9.50. The Morgan fingerprint density at radius 1 is 0.970 bits per heavy atom. The molecule has 3 aliphatic rings. The zero-order chi connectivity index (χ0) is 23.6. The zero-order valence-electron chi connectivity index (χ0n) is 21.2. The monoisotopic (exact) mass is 453 g/mol. The molecule has 4 rings (SSSR count). The van der Waals surface area contributed by atoms with Gasteiger partial charge in [-0.05, 0) is 48.6 Å². The van der Waals surface area contributed by atoms with Gasteiger partial charge in [-0.1, -0.05) is 84.4 Å². The molecule has 1 aliphatic heterocycles. The molecule has 5 nitrogen and oxygen atoms in total. The summed E-state index contributed by atoms with van der Waals surface area (Å²) in [4.78, 5) is 31.1. The van der Waals surface area contributed by atoms with Gasteiger partial charge < -0.3 is 15.1 Å². The molecule has 0 atom stereocenters. The Bertz CT molecular complexity index is 824. The number of carbonyl (C=O) groups is 2. The van der Waals surface area contributed by atoms with E-state index in [0.717, 1.165) is 42.5 Å². The number of hydrogen-bond acceptors (Lipinski definition) is 2. The van der Waals surface area contributed by atoms with Crippen LogP contribution >= 0.6 is 0 Å². The van der Waals surface area contributed by atoms with Crippen molar-refractivity contribution in [3.8, 4) is 0 Å². The van der Waals surface area contributed by atoms with Gasteiger partial charge in [0.05, 0.1) is 5.54 Å². The second-order valence-corrected chi connectivity index (χ2v) is 11.3. The van der Waals surface area contributed by atoms with E-state index in [1.807, 2.05) is 4.90 Å². The van der Waals surface area contributed by atoms with Crippen molar-refractivity contribution in [2.24, 2.45) is 0 Å². The molecule has 2 saturated carbocycles. The van der Waals surface area contributed by atoms with Crippen molar-refractivity contribution in [1.82, 2.24) is 9.80 Å². The Balaban J connectivity index is 1.53. The summed E-state index contributed by atoms with van der Waals surface area (Å²) in [5.74, 6) is 0.564. The molecule has 5 heteroatoms. The van der Waals surface area contributed by atoms with Crippen LogP contribution in [0.4, 0.5) is 10.5 Å². The first-order valence-electron chi connectivity index (χ1n) is 13.3. The van der Waals surface area contributed by atoms with Crippen LogP contribution in [0.25, 0.3) is 0 Å². The highest BCUT2D eigenvalue weighted by Crippen LogP contribution is 2.43. The van der Waals surface area contributed by atoms with Crippen LogP contribution in [-0.2, 0) is 4.79 Å². The minimum absolute atomic E-state index is 0.0590. The van der Waals surface area contributed by atoms with Crippen LogP contribution in [0.15, 0.2) is 18.2 Å². The summed E-state index contributed by atoms with van der Waals surface area (Å²) in [5.41, 5.74) is 3.21. The van der Waals surface area contributed by atoms with Crippen LogP contribution < -0.4 is 5.32 Å². The summed E-state index contributed by atoms with van der Waals surface area (Å²) in [7, 11) is 0. The largest absolute Gasteiger partial charge is 0.324 e. The third-order valence-corrected chi connectivity index (χ3v) is 8.17. The van der Waals surface area contributed by atoms with E-state index < -0.39 is 0 Å². The quantitative estimate of drug-likeness (QED) is 0.524. The maximum Gasteiger partial charge on any atom is 0.321 e. The van der Waals surface area contributed by atoms with E-state index in [2.05, 4.69) is 56.1 Å². The van der Waals surface area contributed by atoms with Crippen LogP contribution in [0.5, 0.6) is 0 Å². The molecule has 1 aromatic carbocycles. The number of rotatable bonds is 6. The average Bonchev–Trinajstić information content (AvgIpc) is 3.04. The molecule has 0 aromatic heterocycles. The fourth-order valence-electron chi connectivity index (χ4n) is 6.52. The van der Waals surface area contributed by atoms with Crippen LogP contribution in [0.1, 0.15) is 115 Å². The molecule has 1 saturated heterocycles. The predicted molar refractivity (Wildman–Crippen MR) is 135 cm³/mol. The number of nitrogens with one attached hydrogen (secondary N) is 1. The standard InChI is InChI=1S/C28H43N3O2/c1-20(2)23-14-11-15-24(21(3)4)26(23)29-25(32)18-30-19-28(16-9-6-10-17-28)31(27(30)33)22-12-7-5-8-13-22/h11,14-15,20-22H,5-10,12-13,16-19H2,1-4H3,(H,29,32). The van der Waals surface area contributed by atoms with E-state index >= 15 is 0 Å². The fraction of sp³-hybridized carbons (Fsp3) is 0.714. The van der Waals surface area contributed by atoms with Crippen molar-refractivity contribution in [1.29, 1.82) is 0 Å². The summed E-state index contributed by atoms with van der Waals surface area (Å²) in [6.07, 6.45) is 11.8. The van der Waals surface area contributed by atoms with Gasteiger partial charge in [-0.3, -0.25) is 4.79 Å². The Kier molecular flexibility index (Phi) is 7.35. The summed E-state index contributed by atoms with van der Waals surface area (Å²) < 4.78 is 0. The Labute approximate surface area is 200 Å². The first-order chi connectivity index (χ1) is 15.8. The third-order valence-electron chi connectivity index (χ3n) is 8.17. The molecule has 33 heavy (non-hydrogen) atoms. The molecule has 0 bridgehead atoms. The maximum atomic E-state index is 13.7. The van der Waals surface area contributed by atoms with E-state index in [1.165, 1.54) is 38.5 Å². The minimum Gasteiger partial charge on any atom is -0.324 e. The molecule has 182 valence electrons. The third kappa shape index (κ3) is 4.93. The maximum absolute atomic E-state index is 13.7. The van der Waals surface area contributed by atoms with E-state index in [0.29, 0.717) is 24.4 Å². The average molecular weight is 454 g/mol. The van der Waals surface area contributed by atoms with Gasteiger partial charge in [-0.15, -0.1) is 0 Å². The number of carbonyl (C=O) groups excluding carboxylic acids is 2. The van der Waals surface area contributed by atoms with Gasteiger partial charge in [0.25, 0.3) is 0 Å². The molecular formula is C28H43N3O2. The van der Waals surface area contributed by atoms with Gasteiger partial charge in [-0.25, -0.2) is 4.79 Å². The Morgan fingerprint density at radius 3 is 2.12 bits per heavy atom. The lowest BCUT2D eigenvalue weighted by Crippen LogP contribution is -2.53. The number of urea groups is 1. The molecule has 1 aromatic rings. The molecule has 0 radical (unpaired) electrons. The van der Waals surface area contributed by atoms with E-state index in [1.54, 1.807) is 0 Å². The van der Waals surface area contributed by atoms with E-state index in [-0.39, 0.29) is 24.0 Å². The molecule has 1 spiro atoms. The highest BCUT2D eigenvalue weighted by Gasteiger charge is 2.52. The second kappa shape index (κ2) is 10.1. The van der Waals surface area contributed by atoms with Crippen LogP contribution in [0, 0.1) is 0 Å². The topological polar surface area (TPSA) is 52.7 Å². The molecule has 3 fully saturated rings. The molecule has 1 heterocycles. The number of benzene rings is 1. The van der Waals surface area contributed by atoms with Gasteiger partial charge in [0.2, 0.25) is 5.91 Å². The normalized spacial score (nSPS) is 21.5. The lowest BCUT2D eigenvalue weighted by molar-refractivity contribution is -0.116. The SMILES string of the molecule is CC(C)c1cccc(C(C)C)c1NC(=O)CN1CC2(CCCCC2)N(C2CCCCC2)C1=O. The molecule has 0 unspecified atom stereocenters. The first kappa shape index (κ1) is 24.1. The Hall–Kier alpha value is -2.04. The first-order valence-corrected chi connectivity index (χ1v) is 13.3. The fourth-order valence-corrected chi connectivity index (χ4v) is 6.52. The number of hydrogen-bond donors (Lipinski definition) is 1. The van der Waals surface area contributed by atoms with Crippen LogP contribution in [-0.4, -0.2) is 46.4 Å². The number of anilines is 1. The zero-order valence-corrected chi connectivity index (χ0v) is 21.2. The highest BCUT2D eigenvalue weighted by molar-refractivity contribution is 5.96. The summed E-state index contributed by atoms with van der Waals surface area (Å²) in [6, 6.07) is 6.75. The number of para-hydroxylation sites is 1. The minimum atomic E-state index is -0.0743. The molecule has 3 amide bonds. The van der Waals surface area contributed by atoms with Gasteiger partial charge in [0, 0.05) is 18.3 Å². The van der Waals surface area contributed by atoms with Gasteiger partial charge in [-0.2, -0.15) is 0 Å². The van der Waals surface area contributed by atoms with E-state index in [9.17, 15) is 9.59 Å². The van der Waals surface area contributed by atoms with Gasteiger partial charge in [0.1, 0.15) is 6.54 Å². The highest BCUT2D eigenvalue weighted by atomic mass is 16.2. The molecule has 1 N–H and O–H groups in total. The Morgan fingerprint density at radius 2 is 1.55 bits per heavy atom. The van der Waals surface area contributed by atoms with Crippen LogP contribution in [0.2, 0.25) is 0 Å². The van der Waals surface area contributed by atoms with Crippen molar-refractivity contribution >= 4 is 17.6 Å². The van der Waals surface area contributed by atoms with Gasteiger partial charge >= 0.3 is 6.03 Å². The smallest absolute Gasteiger partial charge is 0.321 e. The summed E-state index contributed by atoms with van der Waals surface area (Å²) >= 11 is 0. The van der Waals surface area contributed by atoms with Crippen molar-refractivity contribution < 1.29 is 9.59 Å². The molecule has 2 aliphatic carbocycles. The predicted octanol–water partition coefficient (Wildman–Crippen LogP) is 6.65.